The molecule has 0 bridgehead atoms. The number of nitrogens with zero attached hydrogens (tertiary/aromatic N) is 2. The lowest BCUT2D eigenvalue weighted by atomic mass is 10.0. The molecule has 1 aromatic rings. The number of amides is 1. The van der Waals surface area contributed by atoms with Crippen LogP contribution in [0.25, 0.3) is 0 Å². The van der Waals surface area contributed by atoms with E-state index < -0.39 is 5.91 Å². The van der Waals surface area contributed by atoms with Crippen LogP contribution < -0.4 is 11.1 Å². The highest BCUT2D eigenvalue weighted by Crippen LogP contribution is 2.43. The normalized spacial score (nSPS) is 27.1. The first-order valence-electron chi connectivity index (χ1n) is 5.50. The topological polar surface area (TPSA) is 72.9 Å². The molecule has 6 heteroatoms. The fourth-order valence-electron chi connectivity index (χ4n) is 2.78. The Hall–Kier alpha value is -1.04. The number of rotatable bonds is 1. The maximum Gasteiger partial charge on any atom is 0.270 e. The number of nitrogens with two attached hydrogens (primary N) is 1. The van der Waals surface area contributed by atoms with Crippen LogP contribution in [0.4, 0.5) is 5.82 Å². The number of halogens is 1. The molecule has 0 saturated heterocycles. The lowest BCUT2D eigenvalue weighted by molar-refractivity contribution is 0.0993. The molecule has 0 radical (unpaired) electrons. The van der Waals surface area contributed by atoms with E-state index in [1.807, 2.05) is 4.68 Å². The van der Waals surface area contributed by atoms with Gasteiger partial charge in [-0.15, -0.1) is 0 Å². The first kappa shape index (κ1) is 10.1. The van der Waals surface area contributed by atoms with E-state index >= 15 is 0 Å². The Kier molecular flexibility index (Phi) is 2.20. The molecular weight excluding hydrogens is 272 g/mol. The van der Waals surface area contributed by atoms with E-state index in [-0.39, 0.29) is 0 Å². The number of aromatic nitrogens is 2. The standard InChI is InChI=1S/C10H13BrN4O/c11-7-8(9(12)16)14-15-6-3-1-2-5(6)4-13-10(7)15/h5-6,13H,1-4H2,(H2,12,16). The summed E-state index contributed by atoms with van der Waals surface area (Å²) in [5.74, 6) is 1.06. The second kappa shape index (κ2) is 3.48. The summed E-state index contributed by atoms with van der Waals surface area (Å²) < 4.78 is 2.64. The number of nitrogens with one attached hydrogen (secondary N) is 1. The van der Waals surface area contributed by atoms with Gasteiger partial charge in [-0.2, -0.15) is 5.10 Å². The fourth-order valence-corrected chi connectivity index (χ4v) is 3.37. The third-order valence-corrected chi connectivity index (χ3v) is 4.30. The van der Waals surface area contributed by atoms with Crippen LogP contribution in [0.3, 0.4) is 0 Å². The van der Waals surface area contributed by atoms with E-state index in [0.717, 1.165) is 18.8 Å². The van der Waals surface area contributed by atoms with Crippen LogP contribution in [-0.2, 0) is 0 Å². The van der Waals surface area contributed by atoms with Crippen molar-refractivity contribution in [3.63, 3.8) is 0 Å². The van der Waals surface area contributed by atoms with Crippen LogP contribution in [0.1, 0.15) is 35.8 Å². The molecule has 0 spiro atoms. The largest absolute Gasteiger partial charge is 0.369 e. The number of hydrogen-bond donors (Lipinski definition) is 2. The lowest BCUT2D eigenvalue weighted by Gasteiger charge is -2.28. The van der Waals surface area contributed by atoms with E-state index in [2.05, 4.69) is 26.3 Å². The Labute approximate surface area is 102 Å². The van der Waals surface area contributed by atoms with Gasteiger partial charge in [0.1, 0.15) is 5.82 Å². The SMILES string of the molecule is NC(=O)c1nn2c(c1Br)NCC1CCCC12. The van der Waals surface area contributed by atoms with E-state index in [0.29, 0.717) is 22.1 Å². The molecule has 0 aromatic carbocycles. The van der Waals surface area contributed by atoms with Crippen molar-refractivity contribution in [3.8, 4) is 0 Å². The molecule has 86 valence electrons. The molecule has 2 heterocycles. The third kappa shape index (κ3) is 1.29. The monoisotopic (exact) mass is 284 g/mol. The van der Waals surface area contributed by atoms with Crippen molar-refractivity contribution < 1.29 is 4.79 Å². The van der Waals surface area contributed by atoms with Crippen LogP contribution in [0.5, 0.6) is 0 Å². The molecule has 5 nitrogen and oxygen atoms in total. The quantitative estimate of drug-likeness (QED) is 0.821. The van der Waals surface area contributed by atoms with E-state index in [1.165, 1.54) is 12.8 Å². The number of carbonyl (C=O) groups excluding carboxylic acids is 1. The first-order valence-corrected chi connectivity index (χ1v) is 6.29. The lowest BCUT2D eigenvalue weighted by Crippen LogP contribution is -2.29. The molecule has 1 aliphatic carbocycles. The predicted octanol–water partition coefficient (Wildman–Crippen LogP) is 1.51. The Bertz CT molecular complexity index is 456. The van der Waals surface area contributed by atoms with Gasteiger partial charge in [0.25, 0.3) is 5.91 Å². The number of hydrogen-bond acceptors (Lipinski definition) is 3. The molecule has 2 aliphatic rings. The van der Waals surface area contributed by atoms with Crippen molar-refractivity contribution in [3.05, 3.63) is 10.2 Å². The third-order valence-electron chi connectivity index (χ3n) is 3.55. The Morgan fingerprint density at radius 2 is 2.38 bits per heavy atom. The predicted molar refractivity (Wildman–Crippen MR) is 63.3 cm³/mol. The molecule has 2 unspecified atom stereocenters. The second-order valence-corrected chi connectivity index (χ2v) is 5.25. The summed E-state index contributed by atoms with van der Waals surface area (Å²) in [7, 11) is 0. The summed E-state index contributed by atoms with van der Waals surface area (Å²) in [6.45, 7) is 0.965. The number of primary amides is 1. The van der Waals surface area contributed by atoms with Gasteiger partial charge in [-0.05, 0) is 34.7 Å². The van der Waals surface area contributed by atoms with Crippen LogP contribution in [0.2, 0.25) is 0 Å². The van der Waals surface area contributed by atoms with Crippen molar-refractivity contribution in [1.29, 1.82) is 0 Å². The molecule has 1 aliphatic heterocycles. The number of carbonyl (C=O) groups is 1. The zero-order valence-electron chi connectivity index (χ0n) is 8.74. The molecule has 16 heavy (non-hydrogen) atoms. The highest BCUT2D eigenvalue weighted by atomic mass is 79.9. The van der Waals surface area contributed by atoms with Gasteiger partial charge in [-0.1, -0.05) is 6.42 Å². The van der Waals surface area contributed by atoms with Gasteiger partial charge in [-0.3, -0.25) is 4.79 Å². The van der Waals surface area contributed by atoms with Gasteiger partial charge in [0.2, 0.25) is 0 Å². The summed E-state index contributed by atoms with van der Waals surface area (Å²) in [6.07, 6.45) is 3.62. The molecule has 1 amide bonds. The fraction of sp³-hybridized carbons (Fsp3) is 0.600. The molecular formula is C10H13BrN4O. The van der Waals surface area contributed by atoms with Crippen LogP contribution in [0, 0.1) is 5.92 Å². The molecule has 3 rings (SSSR count). The minimum absolute atomic E-state index is 0.329. The van der Waals surface area contributed by atoms with Crippen molar-refractivity contribution in [2.45, 2.75) is 25.3 Å². The summed E-state index contributed by atoms with van der Waals surface area (Å²) in [4.78, 5) is 11.2. The molecule has 1 saturated carbocycles. The van der Waals surface area contributed by atoms with Crippen molar-refractivity contribution in [2.75, 3.05) is 11.9 Å². The number of fused-ring (bicyclic) bond motifs is 3. The smallest absolute Gasteiger partial charge is 0.270 e. The average Bonchev–Trinajstić information content (AvgIpc) is 2.81. The molecule has 1 fully saturated rings. The van der Waals surface area contributed by atoms with Crippen LogP contribution in [-0.4, -0.2) is 22.2 Å². The van der Waals surface area contributed by atoms with Gasteiger partial charge in [0, 0.05) is 6.54 Å². The van der Waals surface area contributed by atoms with Gasteiger partial charge in [-0.25, -0.2) is 4.68 Å². The molecule has 2 atom stereocenters. The number of anilines is 1. The van der Waals surface area contributed by atoms with E-state index in [4.69, 9.17) is 5.73 Å². The summed E-state index contributed by atoms with van der Waals surface area (Å²) in [5, 5.41) is 7.65. The minimum atomic E-state index is -0.481. The second-order valence-electron chi connectivity index (χ2n) is 4.46. The van der Waals surface area contributed by atoms with Crippen LogP contribution in [0.15, 0.2) is 4.47 Å². The van der Waals surface area contributed by atoms with Gasteiger partial charge in [0.05, 0.1) is 10.5 Å². The molecule has 1 aromatic heterocycles. The van der Waals surface area contributed by atoms with Gasteiger partial charge in [0.15, 0.2) is 5.69 Å². The zero-order chi connectivity index (χ0) is 11.3. The highest BCUT2D eigenvalue weighted by Gasteiger charge is 2.36. The summed E-state index contributed by atoms with van der Waals surface area (Å²) in [6, 6.07) is 0.431. The first-order chi connectivity index (χ1) is 7.68. The minimum Gasteiger partial charge on any atom is -0.369 e. The van der Waals surface area contributed by atoms with Crippen molar-refractivity contribution in [2.24, 2.45) is 11.7 Å². The van der Waals surface area contributed by atoms with Crippen molar-refractivity contribution >= 4 is 27.7 Å². The van der Waals surface area contributed by atoms with Crippen LogP contribution >= 0.6 is 15.9 Å². The maximum absolute atomic E-state index is 11.2. The van der Waals surface area contributed by atoms with Crippen molar-refractivity contribution in [1.82, 2.24) is 9.78 Å². The highest BCUT2D eigenvalue weighted by molar-refractivity contribution is 9.10. The zero-order valence-corrected chi connectivity index (χ0v) is 10.3. The van der Waals surface area contributed by atoms with Gasteiger partial charge < -0.3 is 11.1 Å². The Morgan fingerprint density at radius 1 is 1.56 bits per heavy atom. The Morgan fingerprint density at radius 3 is 3.12 bits per heavy atom. The average molecular weight is 285 g/mol. The molecule has 3 N–H and O–H groups in total. The Balaban J connectivity index is 2.10. The van der Waals surface area contributed by atoms with E-state index in [1.54, 1.807) is 0 Å². The summed E-state index contributed by atoms with van der Waals surface area (Å²) >= 11 is 3.39. The maximum atomic E-state index is 11.2. The summed E-state index contributed by atoms with van der Waals surface area (Å²) in [5.41, 5.74) is 5.62. The van der Waals surface area contributed by atoms with E-state index in [9.17, 15) is 4.79 Å². The van der Waals surface area contributed by atoms with Gasteiger partial charge >= 0.3 is 0 Å².